The fraction of sp³-hybridized carbons (Fsp3) is 0.304. The Bertz CT molecular complexity index is 1130. The molecule has 1 saturated heterocycles. The van der Waals surface area contributed by atoms with E-state index in [9.17, 15) is 19.2 Å². The summed E-state index contributed by atoms with van der Waals surface area (Å²) in [7, 11) is 0. The van der Waals surface area contributed by atoms with Crippen molar-refractivity contribution < 1.29 is 33.4 Å². The van der Waals surface area contributed by atoms with Gasteiger partial charge in [-0.15, -0.1) is 0 Å². The van der Waals surface area contributed by atoms with Crippen LogP contribution < -0.4 is 20.1 Å². The van der Waals surface area contributed by atoms with Gasteiger partial charge in [-0.3, -0.25) is 14.5 Å². The van der Waals surface area contributed by atoms with E-state index in [-0.39, 0.29) is 12.9 Å². The van der Waals surface area contributed by atoms with Crippen molar-refractivity contribution in [3.8, 4) is 11.5 Å². The summed E-state index contributed by atoms with van der Waals surface area (Å²) in [4.78, 5) is 50.9. The molecule has 1 unspecified atom stereocenters. The second-order valence-corrected chi connectivity index (χ2v) is 8.09. The predicted octanol–water partition coefficient (Wildman–Crippen LogP) is 2.39. The van der Waals surface area contributed by atoms with E-state index in [0.29, 0.717) is 28.3 Å². The first kappa shape index (κ1) is 22.1. The maximum Gasteiger partial charge on any atom is 0.338 e. The number of anilines is 1. The Morgan fingerprint density at radius 1 is 1.12 bits per heavy atom. The van der Waals surface area contributed by atoms with Gasteiger partial charge < -0.3 is 24.8 Å². The lowest BCUT2D eigenvalue weighted by molar-refractivity contribution is -0.133. The molecule has 2 aromatic rings. The van der Waals surface area contributed by atoms with Crippen molar-refractivity contribution in [2.45, 2.75) is 32.4 Å². The SMILES string of the molecule is CC(C)OC(=O)c1ccc(NC(=O)CN2C(=O)NC(C)(c3ccc4c(c3)OCO4)C2=O)cc1. The van der Waals surface area contributed by atoms with E-state index < -0.39 is 35.9 Å². The molecule has 0 radical (unpaired) electrons. The first-order valence-electron chi connectivity index (χ1n) is 10.3. The van der Waals surface area contributed by atoms with Crippen molar-refractivity contribution >= 4 is 29.5 Å². The summed E-state index contributed by atoms with van der Waals surface area (Å²) in [5, 5.41) is 5.27. The Balaban J connectivity index is 1.41. The number of hydrogen-bond donors (Lipinski definition) is 2. The minimum absolute atomic E-state index is 0.0853. The van der Waals surface area contributed by atoms with Crippen LogP contribution in [0.25, 0.3) is 0 Å². The molecule has 172 valence electrons. The average molecular weight is 453 g/mol. The van der Waals surface area contributed by atoms with Crippen LogP contribution >= 0.6 is 0 Å². The van der Waals surface area contributed by atoms with Gasteiger partial charge in [0.15, 0.2) is 11.5 Å². The number of carbonyl (C=O) groups is 4. The molecule has 2 aromatic carbocycles. The number of amides is 4. The van der Waals surface area contributed by atoms with Gasteiger partial charge in [0, 0.05) is 5.69 Å². The number of carbonyl (C=O) groups excluding carboxylic acids is 4. The smallest absolute Gasteiger partial charge is 0.338 e. The second-order valence-electron chi connectivity index (χ2n) is 8.09. The standard InChI is InChI=1S/C23H23N3O7/c1-13(2)33-20(28)14-4-7-16(8-5-14)24-19(27)11-26-21(29)23(3,25-22(26)30)15-6-9-17-18(10-15)32-12-31-17/h4-10,13H,11-12H2,1-3H3,(H,24,27)(H,25,30). The number of benzene rings is 2. The molecule has 10 nitrogen and oxygen atoms in total. The van der Waals surface area contributed by atoms with Crippen LogP contribution in [-0.4, -0.2) is 48.2 Å². The van der Waals surface area contributed by atoms with Crippen molar-refractivity contribution in [3.63, 3.8) is 0 Å². The number of hydrogen-bond acceptors (Lipinski definition) is 7. The Labute approximate surface area is 189 Å². The minimum atomic E-state index is -1.35. The van der Waals surface area contributed by atoms with Gasteiger partial charge in [0.2, 0.25) is 12.7 Å². The highest BCUT2D eigenvalue weighted by molar-refractivity contribution is 6.10. The molecule has 1 atom stereocenters. The Hall–Kier alpha value is -4.08. The van der Waals surface area contributed by atoms with Gasteiger partial charge in [0.05, 0.1) is 11.7 Å². The normalized spacial score (nSPS) is 19.0. The number of nitrogens with one attached hydrogen (secondary N) is 2. The molecule has 2 aliphatic rings. The summed E-state index contributed by atoms with van der Waals surface area (Å²) >= 11 is 0. The summed E-state index contributed by atoms with van der Waals surface area (Å²) in [6.45, 7) is 4.68. The quantitative estimate of drug-likeness (QED) is 0.508. The van der Waals surface area contributed by atoms with Gasteiger partial charge in [0.25, 0.3) is 5.91 Å². The number of rotatable bonds is 6. The van der Waals surface area contributed by atoms with Crippen LogP contribution in [-0.2, 0) is 19.9 Å². The number of imide groups is 1. The maximum absolute atomic E-state index is 13.1. The fourth-order valence-electron chi connectivity index (χ4n) is 3.56. The Kier molecular flexibility index (Phi) is 5.67. The lowest BCUT2D eigenvalue weighted by atomic mass is 9.91. The van der Waals surface area contributed by atoms with E-state index in [2.05, 4.69) is 10.6 Å². The van der Waals surface area contributed by atoms with Crippen LogP contribution in [0, 0.1) is 0 Å². The summed E-state index contributed by atoms with van der Waals surface area (Å²) < 4.78 is 15.8. The zero-order valence-electron chi connectivity index (χ0n) is 18.3. The van der Waals surface area contributed by atoms with E-state index in [1.165, 1.54) is 24.3 Å². The van der Waals surface area contributed by atoms with Gasteiger partial charge in [-0.25, -0.2) is 9.59 Å². The highest BCUT2D eigenvalue weighted by atomic mass is 16.7. The molecule has 4 amide bonds. The van der Waals surface area contributed by atoms with Gasteiger partial charge in [-0.1, -0.05) is 6.07 Å². The Morgan fingerprint density at radius 3 is 2.52 bits per heavy atom. The van der Waals surface area contributed by atoms with Crippen molar-refractivity contribution in [1.29, 1.82) is 0 Å². The van der Waals surface area contributed by atoms with Gasteiger partial charge >= 0.3 is 12.0 Å². The topological polar surface area (TPSA) is 123 Å². The number of urea groups is 1. The molecule has 0 spiro atoms. The minimum Gasteiger partial charge on any atom is -0.459 e. The molecule has 10 heteroatoms. The molecule has 0 bridgehead atoms. The van der Waals surface area contributed by atoms with Crippen LogP contribution in [0.1, 0.15) is 36.7 Å². The molecule has 1 fully saturated rings. The second kappa shape index (κ2) is 8.45. The number of ether oxygens (including phenoxy) is 3. The largest absolute Gasteiger partial charge is 0.459 e. The molecule has 4 rings (SSSR count). The molecule has 2 heterocycles. The lowest BCUT2D eigenvalue weighted by Gasteiger charge is -2.22. The van der Waals surface area contributed by atoms with Gasteiger partial charge in [-0.05, 0) is 62.7 Å². The fourth-order valence-corrected chi connectivity index (χ4v) is 3.56. The van der Waals surface area contributed by atoms with E-state index in [0.717, 1.165) is 4.90 Å². The highest BCUT2D eigenvalue weighted by Gasteiger charge is 2.49. The van der Waals surface area contributed by atoms with E-state index in [1.54, 1.807) is 39.0 Å². The average Bonchev–Trinajstić information content (AvgIpc) is 3.32. The van der Waals surface area contributed by atoms with Crippen molar-refractivity contribution in [3.05, 3.63) is 53.6 Å². The first-order valence-corrected chi connectivity index (χ1v) is 10.3. The number of esters is 1. The molecule has 2 N–H and O–H groups in total. The molecule has 33 heavy (non-hydrogen) atoms. The van der Waals surface area contributed by atoms with Crippen LogP contribution in [0.5, 0.6) is 11.5 Å². The molecule has 0 aromatic heterocycles. The maximum atomic E-state index is 13.1. The van der Waals surface area contributed by atoms with E-state index in [4.69, 9.17) is 14.2 Å². The molecule has 0 aliphatic carbocycles. The van der Waals surface area contributed by atoms with Crippen LogP contribution in [0.2, 0.25) is 0 Å². The van der Waals surface area contributed by atoms with E-state index >= 15 is 0 Å². The molecule has 2 aliphatic heterocycles. The van der Waals surface area contributed by atoms with Crippen molar-refractivity contribution in [2.24, 2.45) is 0 Å². The number of nitrogens with zero attached hydrogens (tertiary/aromatic N) is 1. The van der Waals surface area contributed by atoms with Crippen LogP contribution in [0.3, 0.4) is 0 Å². The third-order valence-corrected chi connectivity index (χ3v) is 5.27. The van der Waals surface area contributed by atoms with Crippen molar-refractivity contribution in [2.75, 3.05) is 18.7 Å². The third kappa shape index (κ3) is 4.32. The molecule has 0 saturated carbocycles. The first-order chi connectivity index (χ1) is 15.7. The Morgan fingerprint density at radius 2 is 1.82 bits per heavy atom. The highest BCUT2D eigenvalue weighted by Crippen LogP contribution is 2.37. The zero-order chi connectivity index (χ0) is 23.8. The molecular formula is C23H23N3O7. The summed E-state index contributed by atoms with van der Waals surface area (Å²) in [6, 6.07) is 10.4. The summed E-state index contributed by atoms with van der Waals surface area (Å²) in [5.74, 6) is -0.559. The summed E-state index contributed by atoms with van der Waals surface area (Å²) in [6.07, 6.45) is -0.246. The van der Waals surface area contributed by atoms with Crippen LogP contribution in [0.4, 0.5) is 10.5 Å². The predicted molar refractivity (Wildman–Crippen MR) is 116 cm³/mol. The van der Waals surface area contributed by atoms with E-state index in [1.807, 2.05) is 0 Å². The van der Waals surface area contributed by atoms with Crippen LogP contribution in [0.15, 0.2) is 42.5 Å². The third-order valence-electron chi connectivity index (χ3n) is 5.27. The number of fused-ring (bicyclic) bond motifs is 1. The van der Waals surface area contributed by atoms with Crippen molar-refractivity contribution in [1.82, 2.24) is 10.2 Å². The monoisotopic (exact) mass is 453 g/mol. The molecular weight excluding hydrogens is 430 g/mol. The lowest BCUT2D eigenvalue weighted by Crippen LogP contribution is -2.42. The van der Waals surface area contributed by atoms with Gasteiger partial charge in [0.1, 0.15) is 12.1 Å². The summed E-state index contributed by atoms with van der Waals surface area (Å²) in [5.41, 5.74) is -0.0876. The van der Waals surface area contributed by atoms with Gasteiger partial charge in [-0.2, -0.15) is 0 Å². The zero-order valence-corrected chi connectivity index (χ0v) is 18.3.